The number of hydrazine groups is 1. The molecule has 3 amide bonds. The van der Waals surface area contributed by atoms with Gasteiger partial charge in [-0.2, -0.15) is 11.8 Å². The van der Waals surface area contributed by atoms with E-state index in [4.69, 9.17) is 0 Å². The van der Waals surface area contributed by atoms with E-state index in [-0.39, 0.29) is 30.3 Å². The first-order valence-electron chi connectivity index (χ1n) is 15.5. The predicted octanol–water partition coefficient (Wildman–Crippen LogP) is 5.15. The average molecular weight is 653 g/mol. The fraction of sp³-hybridized carbons (Fsp3) is 0.688. The lowest BCUT2D eigenvalue weighted by Gasteiger charge is -2.39. The van der Waals surface area contributed by atoms with Crippen molar-refractivity contribution in [3.8, 4) is 0 Å². The fourth-order valence-electron chi connectivity index (χ4n) is 5.92. The lowest BCUT2D eigenvalue weighted by molar-refractivity contribution is -0.153. The van der Waals surface area contributed by atoms with Crippen LogP contribution in [0.2, 0.25) is 0 Å². The van der Waals surface area contributed by atoms with Crippen LogP contribution in [0.5, 0.6) is 0 Å². The molecule has 4 rings (SSSR count). The van der Waals surface area contributed by atoms with Crippen molar-refractivity contribution in [1.29, 1.82) is 0 Å². The average Bonchev–Trinajstić information content (AvgIpc) is 3.49. The number of nitrogens with one attached hydrogen (secondary N) is 1. The molecule has 3 aliphatic rings. The molecule has 240 valence electrons. The van der Waals surface area contributed by atoms with E-state index in [1.165, 1.54) is 54.3 Å². The van der Waals surface area contributed by atoms with Crippen LogP contribution in [0.1, 0.15) is 77.7 Å². The van der Waals surface area contributed by atoms with Crippen molar-refractivity contribution >= 4 is 59.4 Å². The van der Waals surface area contributed by atoms with E-state index in [2.05, 4.69) is 34.6 Å². The molecule has 0 radical (unpaired) electrons. The van der Waals surface area contributed by atoms with E-state index in [9.17, 15) is 19.2 Å². The third kappa shape index (κ3) is 10.4. The number of nitrogens with zero attached hydrogens (tertiary/aromatic N) is 3. The number of thioether (sulfide) groups is 2. The highest BCUT2D eigenvalue weighted by Gasteiger charge is 2.42. The number of carbonyl (C=O) groups excluding carboxylic acids is 4. The minimum absolute atomic E-state index is 0. The fourth-order valence-corrected chi connectivity index (χ4v) is 8.23. The summed E-state index contributed by atoms with van der Waals surface area (Å²) in [4.78, 5) is 56.7. The molecule has 1 atom stereocenters. The maximum atomic E-state index is 13.6. The van der Waals surface area contributed by atoms with Crippen LogP contribution in [-0.2, 0) is 25.7 Å². The minimum atomic E-state index is -0.823. The van der Waals surface area contributed by atoms with Gasteiger partial charge in [0.05, 0.1) is 11.9 Å². The molecule has 0 spiro atoms. The van der Waals surface area contributed by atoms with Crippen LogP contribution in [0.3, 0.4) is 0 Å². The number of Topliss-reactive ketones (excluding diaryl/α,β-unsaturated/α-hetero) is 1. The second kappa shape index (κ2) is 17.1. The zero-order chi connectivity index (χ0) is 30.1. The Kier molecular flexibility index (Phi) is 14.2. The number of rotatable bonds is 10. The van der Waals surface area contributed by atoms with Crippen molar-refractivity contribution in [2.75, 3.05) is 36.2 Å². The monoisotopic (exact) mass is 652 g/mol. The molecule has 43 heavy (non-hydrogen) atoms. The van der Waals surface area contributed by atoms with Crippen molar-refractivity contribution in [2.45, 2.75) is 90.8 Å². The summed E-state index contributed by atoms with van der Waals surface area (Å²) in [5.74, 6) is 1.69. The Labute approximate surface area is 272 Å². The zero-order valence-electron chi connectivity index (χ0n) is 25.9. The second-order valence-electron chi connectivity index (χ2n) is 12.9. The molecule has 0 bridgehead atoms. The molecule has 2 saturated heterocycles. The van der Waals surface area contributed by atoms with E-state index in [0.717, 1.165) is 49.9 Å². The highest BCUT2D eigenvalue weighted by molar-refractivity contribution is 7.99. The summed E-state index contributed by atoms with van der Waals surface area (Å²) in [5, 5.41) is 1.57. The number of carbonyl (C=O) groups is 4. The Morgan fingerprint density at radius 2 is 1.67 bits per heavy atom. The van der Waals surface area contributed by atoms with Gasteiger partial charge in [-0.1, -0.05) is 70.4 Å². The molecule has 1 N–H and O–H groups in total. The summed E-state index contributed by atoms with van der Waals surface area (Å²) in [6.07, 6.45) is 8.43. The molecular formula is C32H49ClN4O4S2. The molecule has 1 aromatic rings. The van der Waals surface area contributed by atoms with E-state index in [0.29, 0.717) is 18.1 Å². The van der Waals surface area contributed by atoms with Crippen molar-refractivity contribution in [2.24, 2.45) is 11.3 Å². The van der Waals surface area contributed by atoms with Gasteiger partial charge in [0.2, 0.25) is 11.7 Å². The molecule has 2 heterocycles. The number of piperidine rings is 1. The number of amides is 3. The Morgan fingerprint density at radius 3 is 2.33 bits per heavy atom. The summed E-state index contributed by atoms with van der Waals surface area (Å²) < 4.78 is 0. The molecule has 8 nitrogen and oxygen atoms in total. The van der Waals surface area contributed by atoms with Crippen LogP contribution in [0.4, 0.5) is 0 Å². The van der Waals surface area contributed by atoms with Gasteiger partial charge in [0.15, 0.2) is 0 Å². The Bertz CT molecular complexity index is 1070. The van der Waals surface area contributed by atoms with Crippen molar-refractivity contribution < 1.29 is 19.2 Å². The van der Waals surface area contributed by atoms with Crippen LogP contribution in [0.15, 0.2) is 30.3 Å². The third-order valence-electron chi connectivity index (χ3n) is 8.53. The molecule has 1 aliphatic carbocycles. The molecule has 0 unspecified atom stereocenters. The minimum Gasteiger partial charge on any atom is -0.314 e. The van der Waals surface area contributed by atoms with Crippen LogP contribution in [-0.4, -0.2) is 86.6 Å². The topological polar surface area (TPSA) is 90.0 Å². The molecular weight excluding hydrogens is 604 g/mol. The van der Waals surface area contributed by atoms with Gasteiger partial charge in [-0.3, -0.25) is 34.5 Å². The number of benzene rings is 1. The molecule has 3 fully saturated rings. The van der Waals surface area contributed by atoms with Crippen LogP contribution in [0, 0.1) is 11.3 Å². The maximum absolute atomic E-state index is 13.6. The first-order valence-corrected chi connectivity index (χ1v) is 17.8. The van der Waals surface area contributed by atoms with Gasteiger partial charge in [0.25, 0.3) is 11.8 Å². The molecule has 2 aliphatic heterocycles. The lowest BCUT2D eigenvalue weighted by atomic mass is 9.90. The van der Waals surface area contributed by atoms with E-state index < -0.39 is 23.1 Å². The normalized spacial score (nSPS) is 20.3. The van der Waals surface area contributed by atoms with Gasteiger partial charge in [-0.25, -0.2) is 0 Å². The Morgan fingerprint density at radius 1 is 1.00 bits per heavy atom. The Balaban J connectivity index is 0.00000506. The standard InChI is InChI=1S/C32H48N4O4S2.ClH/c1-32(2,3)29(38)31(40)35-23-42-22-27(35)30(39)33-36(28(37)16-19-41-21-25-12-8-5-9-13-25)26-14-17-34(18-15-26)20-24-10-6-4-7-11-24;/h4,6-7,10-11,25-27H,5,8-9,12-23H2,1-3H3,(H,33,39);1H/t27-;/m0./s1. The summed E-state index contributed by atoms with van der Waals surface area (Å²) >= 11 is 3.30. The number of halogens is 1. The Hall–Kier alpha value is -1.75. The van der Waals surface area contributed by atoms with Crippen molar-refractivity contribution in [3.05, 3.63) is 35.9 Å². The van der Waals surface area contributed by atoms with Gasteiger partial charge >= 0.3 is 0 Å². The zero-order valence-corrected chi connectivity index (χ0v) is 28.4. The summed E-state index contributed by atoms with van der Waals surface area (Å²) in [5.41, 5.74) is 3.39. The number of hydrogen-bond acceptors (Lipinski definition) is 7. The molecule has 1 aromatic carbocycles. The highest BCUT2D eigenvalue weighted by atomic mass is 35.5. The van der Waals surface area contributed by atoms with Crippen LogP contribution in [0.25, 0.3) is 0 Å². The van der Waals surface area contributed by atoms with Gasteiger partial charge in [-0.15, -0.1) is 24.2 Å². The molecule has 0 aromatic heterocycles. The SMILES string of the molecule is CC(C)(C)C(=O)C(=O)N1CSC[C@H]1C(=O)NN(C(=O)CCSCC1CCCCC1)C1CCN(Cc2ccccc2)CC1.Cl. The van der Waals surface area contributed by atoms with E-state index >= 15 is 0 Å². The van der Waals surface area contributed by atoms with Gasteiger partial charge < -0.3 is 4.90 Å². The number of ketones is 1. The third-order valence-corrected chi connectivity index (χ3v) is 10.7. The second-order valence-corrected chi connectivity index (χ2v) is 15.1. The summed E-state index contributed by atoms with van der Waals surface area (Å²) in [7, 11) is 0. The highest BCUT2D eigenvalue weighted by Crippen LogP contribution is 2.28. The first kappa shape index (κ1) is 35.7. The quantitative estimate of drug-likeness (QED) is 0.212. The summed E-state index contributed by atoms with van der Waals surface area (Å²) in [6, 6.07) is 9.50. The van der Waals surface area contributed by atoms with Crippen LogP contribution < -0.4 is 5.43 Å². The van der Waals surface area contributed by atoms with E-state index in [1.807, 2.05) is 17.8 Å². The van der Waals surface area contributed by atoms with Gasteiger partial charge in [0, 0.05) is 43.0 Å². The number of hydrogen-bond donors (Lipinski definition) is 1. The maximum Gasteiger partial charge on any atom is 0.291 e. The van der Waals surface area contributed by atoms with Gasteiger partial charge in [-0.05, 0) is 42.9 Å². The summed E-state index contributed by atoms with van der Waals surface area (Å²) in [6.45, 7) is 7.66. The van der Waals surface area contributed by atoms with Crippen LogP contribution >= 0.6 is 35.9 Å². The predicted molar refractivity (Wildman–Crippen MR) is 178 cm³/mol. The molecule has 11 heteroatoms. The molecule has 1 saturated carbocycles. The smallest absolute Gasteiger partial charge is 0.291 e. The van der Waals surface area contributed by atoms with Crippen molar-refractivity contribution in [1.82, 2.24) is 20.2 Å². The van der Waals surface area contributed by atoms with Crippen molar-refractivity contribution in [3.63, 3.8) is 0 Å². The first-order chi connectivity index (χ1) is 20.1. The number of likely N-dealkylation sites (tertiary alicyclic amines) is 1. The van der Waals surface area contributed by atoms with Gasteiger partial charge in [0.1, 0.15) is 6.04 Å². The largest absolute Gasteiger partial charge is 0.314 e. The van der Waals surface area contributed by atoms with E-state index in [1.54, 1.807) is 25.8 Å². The lowest BCUT2D eigenvalue weighted by Crippen LogP contribution is -2.59.